The zero-order valence-corrected chi connectivity index (χ0v) is 13.2. The number of hydrogen-bond acceptors (Lipinski definition) is 2. The molecule has 21 heavy (non-hydrogen) atoms. The fraction of sp³-hybridized carbons (Fsp3) is 0.500. The molecule has 1 saturated carbocycles. The minimum Gasteiger partial charge on any atom is -0.509 e. The molecule has 1 aliphatic heterocycles. The summed E-state index contributed by atoms with van der Waals surface area (Å²) in [6.07, 6.45) is 2.99. The average Bonchev–Trinajstić information content (AvgIpc) is 3.22. The van der Waals surface area contributed by atoms with Crippen molar-refractivity contribution in [1.82, 2.24) is 5.32 Å². The van der Waals surface area contributed by atoms with Gasteiger partial charge in [-0.3, -0.25) is 4.79 Å². The minimum absolute atomic E-state index is 0.136. The zero-order chi connectivity index (χ0) is 15.4. The molecule has 1 fully saturated rings. The predicted molar refractivity (Wildman–Crippen MR) is 84.1 cm³/mol. The molecule has 1 aromatic rings. The number of benzene rings is 1. The molecule has 1 heterocycles. The summed E-state index contributed by atoms with van der Waals surface area (Å²) in [4.78, 5) is 12.5. The van der Waals surface area contributed by atoms with Gasteiger partial charge in [-0.15, -0.1) is 0 Å². The summed E-state index contributed by atoms with van der Waals surface area (Å²) in [6.45, 7) is 8.11. The predicted octanol–water partition coefficient (Wildman–Crippen LogP) is 3.43. The number of carbonyl (C=O) groups is 1. The first-order valence-corrected chi connectivity index (χ1v) is 7.75. The lowest BCUT2D eigenvalue weighted by Crippen LogP contribution is -2.43. The van der Waals surface area contributed by atoms with E-state index >= 15 is 0 Å². The Morgan fingerprint density at radius 3 is 2.57 bits per heavy atom. The fourth-order valence-corrected chi connectivity index (χ4v) is 3.60. The molecule has 112 valence electrons. The van der Waals surface area contributed by atoms with Crippen LogP contribution in [0, 0.1) is 19.8 Å². The molecule has 0 bridgehead atoms. The summed E-state index contributed by atoms with van der Waals surface area (Å²) in [5.74, 6) is 0.468. The second-order valence-corrected chi connectivity index (χ2v) is 6.62. The Bertz CT molecular complexity index is 655. The minimum atomic E-state index is -0.575. The van der Waals surface area contributed by atoms with Crippen LogP contribution in [0.25, 0.3) is 5.57 Å². The Hall–Kier alpha value is -1.77. The van der Waals surface area contributed by atoms with E-state index in [9.17, 15) is 9.90 Å². The highest BCUT2D eigenvalue weighted by atomic mass is 16.3. The van der Waals surface area contributed by atoms with E-state index < -0.39 is 5.54 Å². The number of aliphatic hydroxyl groups excluding tert-OH is 1. The maximum atomic E-state index is 12.5. The fourth-order valence-electron chi connectivity index (χ4n) is 3.60. The first kappa shape index (κ1) is 14.2. The summed E-state index contributed by atoms with van der Waals surface area (Å²) in [6, 6.07) is 4.19. The van der Waals surface area contributed by atoms with E-state index in [2.05, 4.69) is 31.3 Å². The Labute approximate surface area is 126 Å². The lowest BCUT2D eigenvalue weighted by atomic mass is 9.88. The van der Waals surface area contributed by atoms with E-state index in [4.69, 9.17) is 0 Å². The molecular weight excluding hydrogens is 262 g/mol. The normalized spacial score (nSPS) is 25.4. The van der Waals surface area contributed by atoms with Gasteiger partial charge in [0.1, 0.15) is 5.76 Å². The molecule has 3 nitrogen and oxygen atoms in total. The maximum absolute atomic E-state index is 12.5. The summed E-state index contributed by atoms with van der Waals surface area (Å²) < 4.78 is 0. The van der Waals surface area contributed by atoms with Gasteiger partial charge in [-0.1, -0.05) is 24.6 Å². The van der Waals surface area contributed by atoms with Gasteiger partial charge in [0.25, 0.3) is 5.91 Å². The van der Waals surface area contributed by atoms with Gasteiger partial charge in [0, 0.05) is 0 Å². The van der Waals surface area contributed by atoms with Gasteiger partial charge < -0.3 is 10.4 Å². The topological polar surface area (TPSA) is 49.3 Å². The third kappa shape index (κ3) is 2.06. The highest BCUT2D eigenvalue weighted by molar-refractivity contribution is 6.24. The average molecular weight is 285 g/mol. The number of carbonyl (C=O) groups excluding carboxylic acids is 1. The van der Waals surface area contributed by atoms with Gasteiger partial charge in [-0.2, -0.15) is 0 Å². The van der Waals surface area contributed by atoms with E-state index in [0.29, 0.717) is 11.5 Å². The Balaban J connectivity index is 2.20. The van der Waals surface area contributed by atoms with Crippen molar-refractivity contribution in [1.29, 1.82) is 0 Å². The lowest BCUT2D eigenvalue weighted by molar-refractivity contribution is -0.116. The molecule has 1 unspecified atom stereocenters. The number of aliphatic hydroxyl groups is 1. The second kappa shape index (κ2) is 4.62. The zero-order valence-electron chi connectivity index (χ0n) is 13.2. The molecule has 1 atom stereocenters. The van der Waals surface area contributed by atoms with Crippen molar-refractivity contribution in [3.8, 4) is 0 Å². The van der Waals surface area contributed by atoms with Crippen molar-refractivity contribution < 1.29 is 9.90 Å². The lowest BCUT2D eigenvalue weighted by Gasteiger charge is -2.24. The molecular formula is C18H23NO2. The van der Waals surface area contributed by atoms with Gasteiger partial charge in [0.2, 0.25) is 0 Å². The number of hydrogen-bond donors (Lipinski definition) is 2. The van der Waals surface area contributed by atoms with Crippen LogP contribution in [0.2, 0.25) is 0 Å². The van der Waals surface area contributed by atoms with Crippen molar-refractivity contribution in [2.24, 2.45) is 5.92 Å². The molecule has 1 aliphatic carbocycles. The van der Waals surface area contributed by atoms with Crippen LogP contribution < -0.4 is 5.32 Å². The molecule has 3 rings (SSSR count). The van der Waals surface area contributed by atoms with E-state index in [-0.39, 0.29) is 11.7 Å². The summed E-state index contributed by atoms with van der Waals surface area (Å²) in [7, 11) is 0. The number of nitrogens with one attached hydrogen (secondary N) is 1. The van der Waals surface area contributed by atoms with Crippen molar-refractivity contribution >= 4 is 11.5 Å². The molecule has 0 radical (unpaired) electrons. The molecule has 0 spiro atoms. The highest BCUT2D eigenvalue weighted by Gasteiger charge is 2.52. The van der Waals surface area contributed by atoms with Gasteiger partial charge in [0.15, 0.2) is 0 Å². The van der Waals surface area contributed by atoms with Crippen molar-refractivity contribution in [3.63, 3.8) is 0 Å². The Kier molecular flexibility index (Phi) is 3.12. The van der Waals surface area contributed by atoms with Crippen LogP contribution in [0.4, 0.5) is 0 Å². The van der Waals surface area contributed by atoms with Crippen LogP contribution in [-0.2, 0) is 11.2 Å². The van der Waals surface area contributed by atoms with Gasteiger partial charge in [-0.25, -0.2) is 0 Å². The largest absolute Gasteiger partial charge is 0.509 e. The van der Waals surface area contributed by atoms with E-state index in [1.54, 1.807) is 0 Å². The van der Waals surface area contributed by atoms with Gasteiger partial charge >= 0.3 is 0 Å². The highest BCUT2D eigenvalue weighted by Crippen LogP contribution is 2.48. The maximum Gasteiger partial charge on any atom is 0.256 e. The van der Waals surface area contributed by atoms with E-state index in [1.165, 1.54) is 5.56 Å². The quantitative estimate of drug-likeness (QED) is 0.894. The molecule has 1 amide bonds. The van der Waals surface area contributed by atoms with Crippen LogP contribution in [0.5, 0.6) is 0 Å². The van der Waals surface area contributed by atoms with Crippen molar-refractivity contribution in [2.45, 2.75) is 52.5 Å². The monoisotopic (exact) mass is 285 g/mol. The van der Waals surface area contributed by atoms with Crippen LogP contribution in [0.15, 0.2) is 17.9 Å². The summed E-state index contributed by atoms with van der Waals surface area (Å²) in [5.41, 5.74) is 4.21. The SMILES string of the molecule is CCc1cc(C)cc(C)c1C1=C(O)C(C)(C2CC2)NC1=O. The Morgan fingerprint density at radius 2 is 2.00 bits per heavy atom. The first-order valence-electron chi connectivity index (χ1n) is 7.75. The van der Waals surface area contributed by atoms with Gasteiger partial charge in [0.05, 0.1) is 11.1 Å². The van der Waals surface area contributed by atoms with Crippen LogP contribution >= 0.6 is 0 Å². The summed E-state index contributed by atoms with van der Waals surface area (Å²) >= 11 is 0. The third-order valence-corrected chi connectivity index (χ3v) is 4.92. The van der Waals surface area contributed by atoms with Crippen LogP contribution in [0.3, 0.4) is 0 Å². The molecule has 0 saturated heterocycles. The van der Waals surface area contributed by atoms with Crippen LogP contribution in [-0.4, -0.2) is 16.6 Å². The summed E-state index contributed by atoms with van der Waals surface area (Å²) in [5, 5.41) is 13.8. The Morgan fingerprint density at radius 1 is 1.33 bits per heavy atom. The molecule has 2 aliphatic rings. The standard InChI is InChI=1S/C18H23NO2/c1-5-12-9-10(2)8-11(3)14(12)15-16(20)18(4,13-6-7-13)19-17(15)21/h8-9,13,20H,5-7H2,1-4H3,(H,19,21). The first-order chi connectivity index (χ1) is 9.88. The van der Waals surface area contributed by atoms with Gasteiger partial charge in [-0.05, 0) is 62.6 Å². The molecule has 3 heteroatoms. The number of aryl methyl sites for hydroxylation is 3. The van der Waals surface area contributed by atoms with Crippen molar-refractivity contribution in [3.05, 3.63) is 40.1 Å². The molecule has 0 aromatic heterocycles. The number of rotatable bonds is 3. The smallest absolute Gasteiger partial charge is 0.256 e. The number of amides is 1. The molecule has 2 N–H and O–H groups in total. The van der Waals surface area contributed by atoms with Crippen molar-refractivity contribution in [2.75, 3.05) is 0 Å². The van der Waals surface area contributed by atoms with Crippen LogP contribution in [0.1, 0.15) is 48.9 Å². The third-order valence-electron chi connectivity index (χ3n) is 4.92. The second-order valence-electron chi connectivity index (χ2n) is 6.62. The van der Waals surface area contributed by atoms with E-state index in [1.807, 2.05) is 13.8 Å². The van der Waals surface area contributed by atoms with E-state index in [0.717, 1.165) is 36.0 Å². The molecule has 1 aromatic carbocycles.